The van der Waals surface area contributed by atoms with Crippen molar-refractivity contribution in [3.8, 4) is 0 Å². The van der Waals surface area contributed by atoms with Gasteiger partial charge < -0.3 is 10.4 Å². The van der Waals surface area contributed by atoms with Gasteiger partial charge in [0.15, 0.2) is 0 Å². The molecule has 0 radical (unpaired) electrons. The molecule has 0 spiro atoms. The van der Waals surface area contributed by atoms with Gasteiger partial charge >= 0.3 is 5.97 Å². The van der Waals surface area contributed by atoms with Crippen molar-refractivity contribution in [1.29, 1.82) is 0 Å². The highest BCUT2D eigenvalue weighted by Crippen LogP contribution is 2.05. The van der Waals surface area contributed by atoms with Gasteiger partial charge in [-0.3, -0.25) is 0 Å². The molecule has 0 aromatic rings. The van der Waals surface area contributed by atoms with Crippen LogP contribution in [0.4, 0.5) is 0 Å². The molecule has 0 saturated heterocycles. The van der Waals surface area contributed by atoms with Gasteiger partial charge in [0.05, 0.1) is 0 Å². The first-order chi connectivity index (χ1) is 5.74. The fourth-order valence-corrected chi connectivity index (χ4v) is 0.951. The Morgan fingerprint density at radius 2 is 2.50 bits per heavy atom. The Balaban J connectivity index is 2.74. The molecule has 3 heteroatoms. The summed E-state index contributed by atoms with van der Waals surface area (Å²) in [7, 11) is 0. The Morgan fingerprint density at radius 1 is 1.75 bits per heavy atom. The van der Waals surface area contributed by atoms with Crippen molar-refractivity contribution in [2.24, 2.45) is 0 Å². The number of hydrogen-bond acceptors (Lipinski definition) is 2. The maximum atomic E-state index is 10.5. The van der Waals surface area contributed by atoms with Crippen LogP contribution < -0.4 is 5.32 Å². The number of aliphatic carboxylic acids is 1. The summed E-state index contributed by atoms with van der Waals surface area (Å²) >= 11 is 0. The van der Waals surface area contributed by atoms with Crippen LogP contribution in [0.3, 0.4) is 0 Å². The molecule has 0 atom stereocenters. The molecule has 0 saturated carbocycles. The van der Waals surface area contributed by atoms with Gasteiger partial charge in [0.25, 0.3) is 0 Å². The maximum absolute atomic E-state index is 10.5. The fraction of sp³-hybridized carbons (Fsp3) is 0.222. The third kappa shape index (κ3) is 1.99. The van der Waals surface area contributed by atoms with E-state index < -0.39 is 5.97 Å². The largest absolute Gasteiger partial charge is 0.477 e. The minimum atomic E-state index is -0.929. The van der Waals surface area contributed by atoms with Gasteiger partial charge in [-0.1, -0.05) is 19.1 Å². The average Bonchev–Trinajstić information content (AvgIpc) is 2.05. The van der Waals surface area contributed by atoms with E-state index in [0.717, 1.165) is 12.1 Å². The minimum Gasteiger partial charge on any atom is -0.477 e. The molecular weight excluding hydrogens is 154 g/mol. The van der Waals surface area contributed by atoms with Crippen LogP contribution in [0.2, 0.25) is 0 Å². The molecule has 1 heterocycles. The van der Waals surface area contributed by atoms with E-state index in [4.69, 9.17) is 5.11 Å². The molecule has 1 aliphatic rings. The quantitative estimate of drug-likeness (QED) is 0.650. The van der Waals surface area contributed by atoms with E-state index in [0.29, 0.717) is 0 Å². The third-order valence-corrected chi connectivity index (χ3v) is 1.47. The summed E-state index contributed by atoms with van der Waals surface area (Å²) in [6.07, 6.45) is 7.93. The summed E-state index contributed by atoms with van der Waals surface area (Å²) in [5.41, 5.74) is 1.06. The first-order valence-corrected chi connectivity index (χ1v) is 3.83. The highest BCUT2D eigenvalue weighted by molar-refractivity contribution is 5.87. The molecule has 1 rings (SSSR count). The lowest BCUT2D eigenvalue weighted by molar-refractivity contribution is -0.133. The number of dihydropyridines is 1. The SMILES string of the molecule is CC/C=C1\C=CC=C(C(=O)O)N1. The molecular formula is C9H11NO2. The molecule has 0 aromatic heterocycles. The Hall–Kier alpha value is -1.51. The van der Waals surface area contributed by atoms with Crippen molar-refractivity contribution in [2.75, 3.05) is 0 Å². The number of allylic oxidation sites excluding steroid dienone is 4. The first-order valence-electron chi connectivity index (χ1n) is 3.83. The van der Waals surface area contributed by atoms with Crippen molar-refractivity contribution in [2.45, 2.75) is 13.3 Å². The summed E-state index contributed by atoms with van der Waals surface area (Å²) in [4.78, 5) is 10.5. The molecule has 3 nitrogen and oxygen atoms in total. The van der Waals surface area contributed by atoms with Crippen LogP contribution in [0.25, 0.3) is 0 Å². The van der Waals surface area contributed by atoms with E-state index in [1.54, 1.807) is 6.08 Å². The zero-order valence-corrected chi connectivity index (χ0v) is 6.87. The summed E-state index contributed by atoms with van der Waals surface area (Å²) in [6, 6.07) is 0. The van der Waals surface area contributed by atoms with Gasteiger partial charge in [-0.25, -0.2) is 4.79 Å². The van der Waals surface area contributed by atoms with Crippen molar-refractivity contribution in [3.05, 3.63) is 35.7 Å². The van der Waals surface area contributed by atoms with Crippen LogP contribution in [0.15, 0.2) is 35.7 Å². The second-order valence-corrected chi connectivity index (χ2v) is 2.44. The third-order valence-electron chi connectivity index (χ3n) is 1.47. The van der Waals surface area contributed by atoms with Crippen LogP contribution in [-0.4, -0.2) is 11.1 Å². The second kappa shape index (κ2) is 3.76. The predicted octanol–water partition coefficient (Wildman–Crippen LogP) is 1.41. The Labute approximate surface area is 71.1 Å². The van der Waals surface area contributed by atoms with Crippen molar-refractivity contribution in [3.63, 3.8) is 0 Å². The van der Waals surface area contributed by atoms with Gasteiger partial charge in [-0.05, 0) is 18.6 Å². The van der Waals surface area contributed by atoms with Crippen molar-refractivity contribution < 1.29 is 9.90 Å². The fourth-order valence-electron chi connectivity index (χ4n) is 0.951. The Bertz CT molecular complexity index is 274. The van der Waals surface area contributed by atoms with Gasteiger partial charge in [0.2, 0.25) is 0 Å². The summed E-state index contributed by atoms with van der Waals surface area (Å²) in [5.74, 6) is -0.929. The Kier molecular flexibility index (Phi) is 2.69. The van der Waals surface area contributed by atoms with Crippen LogP contribution >= 0.6 is 0 Å². The molecule has 2 N–H and O–H groups in total. The molecule has 0 aromatic carbocycles. The maximum Gasteiger partial charge on any atom is 0.352 e. The van der Waals surface area contributed by atoms with Crippen LogP contribution in [0.5, 0.6) is 0 Å². The number of nitrogens with one attached hydrogen (secondary N) is 1. The zero-order valence-electron chi connectivity index (χ0n) is 6.87. The van der Waals surface area contributed by atoms with Crippen LogP contribution in [0.1, 0.15) is 13.3 Å². The number of carboxylic acid groups (broad SMARTS) is 1. The molecule has 0 aliphatic carbocycles. The summed E-state index contributed by atoms with van der Waals surface area (Å²) in [6.45, 7) is 2.00. The minimum absolute atomic E-state index is 0.220. The van der Waals surface area contributed by atoms with Gasteiger partial charge in [0, 0.05) is 5.70 Å². The molecule has 0 fully saturated rings. The molecule has 1 aliphatic heterocycles. The first kappa shape index (κ1) is 8.59. The normalized spacial score (nSPS) is 18.8. The van der Waals surface area contributed by atoms with Gasteiger partial charge in [-0.15, -0.1) is 0 Å². The average molecular weight is 165 g/mol. The number of carbonyl (C=O) groups is 1. The van der Waals surface area contributed by atoms with Crippen LogP contribution in [0, 0.1) is 0 Å². The van der Waals surface area contributed by atoms with E-state index >= 15 is 0 Å². The second-order valence-electron chi connectivity index (χ2n) is 2.44. The van der Waals surface area contributed by atoms with Crippen molar-refractivity contribution >= 4 is 5.97 Å². The summed E-state index contributed by atoms with van der Waals surface area (Å²) in [5, 5.41) is 11.4. The number of hydrogen-bond donors (Lipinski definition) is 2. The number of carboxylic acids is 1. The monoisotopic (exact) mass is 165 g/mol. The van der Waals surface area contributed by atoms with Gasteiger partial charge in [-0.2, -0.15) is 0 Å². The van der Waals surface area contributed by atoms with E-state index in [2.05, 4.69) is 5.32 Å². The molecule has 0 bridgehead atoms. The smallest absolute Gasteiger partial charge is 0.352 e. The molecule has 0 amide bonds. The van der Waals surface area contributed by atoms with E-state index in [1.165, 1.54) is 6.08 Å². The van der Waals surface area contributed by atoms with Crippen molar-refractivity contribution in [1.82, 2.24) is 5.32 Å². The predicted molar refractivity (Wildman–Crippen MR) is 46.4 cm³/mol. The van der Waals surface area contributed by atoms with E-state index in [-0.39, 0.29) is 5.70 Å². The lowest BCUT2D eigenvalue weighted by Crippen LogP contribution is -2.20. The molecule has 12 heavy (non-hydrogen) atoms. The van der Waals surface area contributed by atoms with Crippen LogP contribution in [-0.2, 0) is 4.79 Å². The highest BCUT2D eigenvalue weighted by atomic mass is 16.4. The van der Waals surface area contributed by atoms with E-state index in [1.807, 2.05) is 19.1 Å². The molecule has 64 valence electrons. The number of rotatable bonds is 2. The van der Waals surface area contributed by atoms with Gasteiger partial charge in [0.1, 0.15) is 5.70 Å². The molecule has 0 unspecified atom stereocenters. The highest BCUT2D eigenvalue weighted by Gasteiger charge is 2.08. The lowest BCUT2D eigenvalue weighted by atomic mass is 10.2. The zero-order chi connectivity index (χ0) is 8.97. The lowest BCUT2D eigenvalue weighted by Gasteiger charge is -2.10. The summed E-state index contributed by atoms with van der Waals surface area (Å²) < 4.78 is 0. The standard InChI is InChI=1S/C9H11NO2/c1-2-4-7-5-3-6-8(10-7)9(11)12/h3-6,10H,2H2,1H3,(H,11,12)/b7-4+. The van der Waals surface area contributed by atoms with E-state index in [9.17, 15) is 4.79 Å². The Morgan fingerprint density at radius 3 is 3.08 bits per heavy atom. The topological polar surface area (TPSA) is 49.3 Å².